The van der Waals surface area contributed by atoms with Gasteiger partial charge in [0.25, 0.3) is 5.91 Å². The van der Waals surface area contributed by atoms with Crippen LogP contribution in [0, 0.1) is 0 Å². The first kappa shape index (κ1) is 27.9. The summed E-state index contributed by atoms with van der Waals surface area (Å²) in [5.74, 6) is 0.0113. The number of carbonyl (C=O) groups excluding carboxylic acids is 1. The number of rotatable bonds is 11. The first-order valence-electron chi connectivity index (χ1n) is 12.3. The number of fused-ring (bicyclic) bond motifs is 1. The molecule has 0 spiro atoms. The fourth-order valence-corrected chi connectivity index (χ4v) is 3.79. The lowest BCUT2D eigenvalue weighted by Gasteiger charge is -2.23. The molecule has 10 nitrogen and oxygen atoms in total. The normalized spacial score (nSPS) is 12.5. The van der Waals surface area contributed by atoms with Crippen LogP contribution in [0.25, 0.3) is 16.9 Å². The number of nitrogens with zero attached hydrogens (tertiary/aromatic N) is 4. The maximum absolute atomic E-state index is 14.1. The minimum Gasteiger partial charge on any atom is -0.465 e. The molecule has 37 heavy (non-hydrogen) atoms. The lowest BCUT2D eigenvalue weighted by molar-refractivity contribution is -0.00177. The van der Waals surface area contributed by atoms with Crippen LogP contribution in [0.15, 0.2) is 36.8 Å². The zero-order chi connectivity index (χ0) is 27.3. The number of hydrogen-bond acceptors (Lipinski definition) is 6. The standard InChI is InChI=1S/C26H35FN6O4/c1-6-8-32(25(35)36)15-17-10-18-7-9-33(23(18)29-12-17)22-11-20(31-16(2)3)19(13-28-22)24(34)30-14-21(27)26(4,5)37/h7,9-13,16,21,37H,6,8,14-15H2,1-5H3,(H,28,31)(H,30,34)(H,35,36). The van der Waals surface area contributed by atoms with Gasteiger partial charge in [-0.2, -0.15) is 0 Å². The van der Waals surface area contributed by atoms with E-state index in [1.54, 1.807) is 23.0 Å². The van der Waals surface area contributed by atoms with Crippen molar-refractivity contribution in [1.82, 2.24) is 24.8 Å². The lowest BCUT2D eigenvalue weighted by Crippen LogP contribution is -2.42. The third kappa shape index (κ3) is 6.94. The topological polar surface area (TPSA) is 133 Å². The van der Waals surface area contributed by atoms with Crippen molar-refractivity contribution >= 4 is 28.7 Å². The average Bonchev–Trinajstić information content (AvgIpc) is 3.24. The summed E-state index contributed by atoms with van der Waals surface area (Å²) in [5, 5.41) is 25.8. The quantitative estimate of drug-likeness (QED) is 0.304. The van der Waals surface area contributed by atoms with Crippen molar-refractivity contribution in [2.45, 2.75) is 65.4 Å². The molecule has 0 saturated heterocycles. The molecule has 11 heteroatoms. The summed E-state index contributed by atoms with van der Waals surface area (Å²) in [5.41, 5.74) is 0.605. The number of aliphatic hydroxyl groups is 1. The van der Waals surface area contributed by atoms with Gasteiger partial charge in [0.05, 0.1) is 29.9 Å². The Morgan fingerprint density at radius 2 is 1.95 bits per heavy atom. The highest BCUT2D eigenvalue weighted by atomic mass is 19.1. The van der Waals surface area contributed by atoms with E-state index in [2.05, 4.69) is 20.6 Å². The van der Waals surface area contributed by atoms with E-state index in [9.17, 15) is 24.2 Å². The minimum absolute atomic E-state index is 0.00879. The highest BCUT2D eigenvalue weighted by molar-refractivity contribution is 5.99. The second-order valence-corrected chi connectivity index (χ2v) is 9.86. The Morgan fingerprint density at radius 1 is 1.22 bits per heavy atom. The number of nitrogens with one attached hydrogen (secondary N) is 2. The van der Waals surface area contributed by atoms with Gasteiger partial charge < -0.3 is 25.7 Å². The van der Waals surface area contributed by atoms with Crippen molar-refractivity contribution in [3.63, 3.8) is 0 Å². The molecule has 3 aromatic heterocycles. The number of amides is 2. The maximum Gasteiger partial charge on any atom is 0.407 e. The van der Waals surface area contributed by atoms with Gasteiger partial charge in [0.15, 0.2) is 0 Å². The van der Waals surface area contributed by atoms with Gasteiger partial charge in [-0.05, 0) is 51.8 Å². The first-order chi connectivity index (χ1) is 17.4. The number of hydrogen-bond donors (Lipinski definition) is 4. The van der Waals surface area contributed by atoms with E-state index >= 15 is 0 Å². The highest BCUT2D eigenvalue weighted by Gasteiger charge is 2.27. The Kier molecular flexibility index (Phi) is 8.69. The van der Waals surface area contributed by atoms with Crippen LogP contribution in [0.3, 0.4) is 0 Å². The number of alkyl halides is 1. The van der Waals surface area contributed by atoms with Crippen LogP contribution >= 0.6 is 0 Å². The molecule has 0 aromatic carbocycles. The summed E-state index contributed by atoms with van der Waals surface area (Å²) in [6, 6.07) is 5.50. The summed E-state index contributed by atoms with van der Waals surface area (Å²) in [6.07, 6.45) is 2.99. The van der Waals surface area contributed by atoms with Gasteiger partial charge in [-0.1, -0.05) is 6.92 Å². The molecule has 0 aliphatic heterocycles. The monoisotopic (exact) mass is 514 g/mol. The Hall–Kier alpha value is -3.73. The van der Waals surface area contributed by atoms with Gasteiger partial charge >= 0.3 is 6.09 Å². The Balaban J connectivity index is 1.89. The fraction of sp³-hybridized carbons (Fsp3) is 0.462. The van der Waals surface area contributed by atoms with Crippen LogP contribution in [0.2, 0.25) is 0 Å². The highest BCUT2D eigenvalue weighted by Crippen LogP contribution is 2.24. The van der Waals surface area contributed by atoms with E-state index in [1.165, 1.54) is 24.9 Å². The summed E-state index contributed by atoms with van der Waals surface area (Å²) in [6.45, 7) is 8.83. The fourth-order valence-electron chi connectivity index (χ4n) is 3.79. The number of anilines is 1. The first-order valence-corrected chi connectivity index (χ1v) is 12.3. The second-order valence-electron chi connectivity index (χ2n) is 9.86. The average molecular weight is 515 g/mol. The van der Waals surface area contributed by atoms with Crippen LogP contribution in [-0.2, 0) is 6.54 Å². The lowest BCUT2D eigenvalue weighted by atomic mass is 10.0. The van der Waals surface area contributed by atoms with Gasteiger partial charge in [0.2, 0.25) is 0 Å². The molecule has 1 atom stereocenters. The number of halogens is 1. The van der Waals surface area contributed by atoms with Crippen LogP contribution in [-0.4, -0.2) is 72.6 Å². The summed E-state index contributed by atoms with van der Waals surface area (Å²) in [4.78, 5) is 34.6. The molecule has 200 valence electrons. The molecule has 4 N–H and O–H groups in total. The van der Waals surface area contributed by atoms with Crippen LogP contribution < -0.4 is 10.6 Å². The molecule has 3 aromatic rings. The molecule has 2 amide bonds. The van der Waals surface area contributed by atoms with Gasteiger partial charge in [-0.15, -0.1) is 0 Å². The predicted octanol–water partition coefficient (Wildman–Crippen LogP) is 3.97. The second kappa shape index (κ2) is 11.5. The zero-order valence-electron chi connectivity index (χ0n) is 21.8. The molecule has 0 saturated carbocycles. The molecule has 0 radical (unpaired) electrons. The van der Waals surface area contributed by atoms with E-state index in [0.29, 0.717) is 23.7 Å². The smallest absolute Gasteiger partial charge is 0.407 e. The van der Waals surface area contributed by atoms with E-state index in [0.717, 1.165) is 17.4 Å². The van der Waals surface area contributed by atoms with Crippen LogP contribution in [0.4, 0.5) is 14.9 Å². The number of carbonyl (C=O) groups is 2. The van der Waals surface area contributed by atoms with Gasteiger partial charge in [-0.25, -0.2) is 19.2 Å². The van der Waals surface area contributed by atoms with Crippen molar-refractivity contribution in [2.75, 3.05) is 18.4 Å². The molecule has 0 aliphatic carbocycles. The summed E-state index contributed by atoms with van der Waals surface area (Å²) < 4.78 is 15.9. The molecule has 3 heterocycles. The van der Waals surface area contributed by atoms with E-state index in [1.807, 2.05) is 32.9 Å². The number of carboxylic acid groups (broad SMARTS) is 1. The van der Waals surface area contributed by atoms with Gasteiger partial charge in [0.1, 0.15) is 17.6 Å². The van der Waals surface area contributed by atoms with Crippen molar-refractivity contribution in [3.8, 4) is 5.82 Å². The van der Waals surface area contributed by atoms with Crippen molar-refractivity contribution in [1.29, 1.82) is 0 Å². The SMILES string of the molecule is CCCN(Cc1cnc2c(ccn2-c2cc(NC(C)C)c(C(=O)NCC(F)C(C)(C)O)cn2)c1)C(=O)O. The van der Waals surface area contributed by atoms with E-state index in [4.69, 9.17) is 0 Å². The molecule has 0 aliphatic rings. The molecular weight excluding hydrogens is 479 g/mol. The molecule has 0 fully saturated rings. The number of pyridine rings is 2. The Labute approximate surface area is 215 Å². The molecule has 0 bridgehead atoms. The Morgan fingerprint density at radius 3 is 2.57 bits per heavy atom. The third-order valence-corrected chi connectivity index (χ3v) is 5.75. The maximum atomic E-state index is 14.1. The van der Waals surface area contributed by atoms with Crippen LogP contribution in [0.1, 0.15) is 57.0 Å². The number of aromatic nitrogens is 3. The summed E-state index contributed by atoms with van der Waals surface area (Å²) >= 11 is 0. The van der Waals surface area contributed by atoms with Crippen molar-refractivity contribution in [3.05, 3.63) is 47.9 Å². The van der Waals surface area contributed by atoms with Crippen LogP contribution in [0.5, 0.6) is 0 Å². The zero-order valence-corrected chi connectivity index (χ0v) is 21.8. The molecular formula is C26H35FN6O4. The molecule has 1 unspecified atom stereocenters. The van der Waals surface area contributed by atoms with Crippen molar-refractivity contribution < 1.29 is 24.2 Å². The van der Waals surface area contributed by atoms with Gasteiger partial charge in [-0.3, -0.25) is 9.36 Å². The largest absolute Gasteiger partial charge is 0.465 e. The van der Waals surface area contributed by atoms with E-state index in [-0.39, 0.29) is 24.7 Å². The minimum atomic E-state index is -1.63. The van der Waals surface area contributed by atoms with Crippen molar-refractivity contribution in [2.24, 2.45) is 0 Å². The third-order valence-electron chi connectivity index (χ3n) is 5.75. The molecule has 3 rings (SSSR count). The van der Waals surface area contributed by atoms with Gasteiger partial charge in [0, 0.05) is 42.6 Å². The predicted molar refractivity (Wildman–Crippen MR) is 140 cm³/mol. The Bertz CT molecular complexity index is 1250. The summed E-state index contributed by atoms with van der Waals surface area (Å²) in [7, 11) is 0. The van der Waals surface area contributed by atoms with E-state index < -0.39 is 23.8 Å².